The number of nitro groups is 1. The highest BCUT2D eigenvalue weighted by Crippen LogP contribution is 2.31. The van der Waals surface area contributed by atoms with Crippen molar-refractivity contribution in [2.75, 3.05) is 0 Å². The molecule has 0 amide bonds. The van der Waals surface area contributed by atoms with Crippen LogP contribution in [0.1, 0.15) is 11.1 Å². The molecule has 0 radical (unpaired) electrons. The second kappa shape index (κ2) is 5.77. The Morgan fingerprint density at radius 1 is 1.35 bits per heavy atom. The number of nitrogens with two attached hydrogens (primary N) is 1. The molecule has 0 aliphatic carbocycles. The zero-order valence-corrected chi connectivity index (χ0v) is 10.3. The van der Waals surface area contributed by atoms with E-state index in [0.717, 1.165) is 5.56 Å². The molecule has 0 aliphatic heterocycles. The lowest BCUT2D eigenvalue weighted by Crippen LogP contribution is -1.99. The van der Waals surface area contributed by atoms with Gasteiger partial charge in [0.1, 0.15) is 17.4 Å². The van der Waals surface area contributed by atoms with E-state index in [9.17, 15) is 10.1 Å². The molecule has 0 fully saturated rings. The maximum absolute atomic E-state index is 11.0. The summed E-state index contributed by atoms with van der Waals surface area (Å²) in [5.41, 5.74) is 5.84. The van der Waals surface area contributed by atoms with Crippen molar-refractivity contribution >= 4 is 5.69 Å². The summed E-state index contributed by atoms with van der Waals surface area (Å²) in [7, 11) is 0. The molecule has 1 heterocycles. The molecule has 2 rings (SSSR count). The van der Waals surface area contributed by atoms with Crippen molar-refractivity contribution in [1.29, 1.82) is 5.26 Å². The van der Waals surface area contributed by atoms with Gasteiger partial charge in [-0.2, -0.15) is 5.26 Å². The SMILES string of the molecule is N#Cc1ccnc(Oc2ccc(CN)cc2)c1[N+](=O)[O-]. The maximum atomic E-state index is 11.0. The molecule has 7 heteroatoms. The zero-order valence-electron chi connectivity index (χ0n) is 10.3. The molecule has 1 aromatic carbocycles. The van der Waals surface area contributed by atoms with Gasteiger partial charge < -0.3 is 10.5 Å². The summed E-state index contributed by atoms with van der Waals surface area (Å²) < 4.78 is 5.37. The van der Waals surface area contributed by atoms with Crippen molar-refractivity contribution in [2.45, 2.75) is 6.54 Å². The molecule has 0 spiro atoms. The van der Waals surface area contributed by atoms with E-state index in [-0.39, 0.29) is 11.4 Å². The number of nitrogens with zero attached hydrogens (tertiary/aromatic N) is 3. The van der Waals surface area contributed by atoms with Crippen LogP contribution in [-0.4, -0.2) is 9.91 Å². The third-order valence-corrected chi connectivity index (χ3v) is 2.57. The average Bonchev–Trinajstić information content (AvgIpc) is 2.47. The van der Waals surface area contributed by atoms with E-state index in [1.807, 2.05) is 0 Å². The second-order valence-electron chi connectivity index (χ2n) is 3.83. The van der Waals surface area contributed by atoms with Crippen LogP contribution in [0.3, 0.4) is 0 Å². The summed E-state index contributed by atoms with van der Waals surface area (Å²) in [6.45, 7) is 0.391. The lowest BCUT2D eigenvalue weighted by molar-refractivity contribution is -0.386. The van der Waals surface area contributed by atoms with Crippen LogP contribution in [0, 0.1) is 21.4 Å². The van der Waals surface area contributed by atoms with Gasteiger partial charge in [0.25, 0.3) is 0 Å². The molecule has 0 atom stereocenters. The Kier molecular flexibility index (Phi) is 3.88. The van der Waals surface area contributed by atoms with Gasteiger partial charge in [0, 0.05) is 12.7 Å². The van der Waals surface area contributed by atoms with E-state index in [2.05, 4.69) is 4.98 Å². The first kappa shape index (κ1) is 13.5. The zero-order chi connectivity index (χ0) is 14.5. The van der Waals surface area contributed by atoms with Gasteiger partial charge in [-0.3, -0.25) is 10.1 Å². The Morgan fingerprint density at radius 2 is 2.05 bits per heavy atom. The minimum Gasteiger partial charge on any atom is -0.434 e. The standard InChI is InChI=1S/C13H10N4O3/c14-7-9-1-3-11(4-2-9)20-13-12(17(18)19)10(8-15)5-6-16-13/h1-6H,7,14H2. The molecule has 2 aromatic rings. The van der Waals surface area contributed by atoms with Crippen molar-refractivity contribution < 1.29 is 9.66 Å². The monoisotopic (exact) mass is 270 g/mol. The molecular formula is C13H10N4O3. The minimum absolute atomic E-state index is 0.0985. The van der Waals surface area contributed by atoms with Gasteiger partial charge in [0.05, 0.1) is 4.92 Å². The van der Waals surface area contributed by atoms with Crippen LogP contribution in [0.5, 0.6) is 11.6 Å². The molecule has 0 aliphatic rings. The molecular weight excluding hydrogens is 260 g/mol. The van der Waals surface area contributed by atoms with Crippen molar-refractivity contribution in [3.8, 4) is 17.7 Å². The summed E-state index contributed by atoms with van der Waals surface area (Å²) in [5, 5.41) is 19.9. The minimum atomic E-state index is -0.685. The number of nitriles is 1. The van der Waals surface area contributed by atoms with Crippen molar-refractivity contribution in [3.63, 3.8) is 0 Å². The highest BCUT2D eigenvalue weighted by molar-refractivity contribution is 5.55. The van der Waals surface area contributed by atoms with Crippen molar-refractivity contribution in [3.05, 3.63) is 57.8 Å². The number of benzene rings is 1. The molecule has 1 aromatic heterocycles. The fourth-order valence-electron chi connectivity index (χ4n) is 1.58. The lowest BCUT2D eigenvalue weighted by atomic mass is 10.2. The first-order valence-corrected chi connectivity index (χ1v) is 5.66. The predicted molar refractivity (Wildman–Crippen MR) is 70.0 cm³/mol. The normalized spacial score (nSPS) is 9.80. The van der Waals surface area contributed by atoms with Crippen LogP contribution in [0.4, 0.5) is 5.69 Å². The second-order valence-corrected chi connectivity index (χ2v) is 3.83. The van der Waals surface area contributed by atoms with Crippen LogP contribution < -0.4 is 10.5 Å². The Balaban J connectivity index is 2.38. The Labute approximate surface area is 114 Å². The molecule has 7 nitrogen and oxygen atoms in total. The first-order valence-electron chi connectivity index (χ1n) is 5.66. The predicted octanol–water partition coefficient (Wildman–Crippen LogP) is 2.11. The van der Waals surface area contributed by atoms with Crippen LogP contribution in [0.25, 0.3) is 0 Å². The van der Waals surface area contributed by atoms with Crippen molar-refractivity contribution in [2.24, 2.45) is 5.73 Å². The average molecular weight is 270 g/mol. The van der Waals surface area contributed by atoms with Gasteiger partial charge in [0.15, 0.2) is 0 Å². The molecule has 0 unspecified atom stereocenters. The van der Waals surface area contributed by atoms with Gasteiger partial charge in [-0.1, -0.05) is 12.1 Å². The van der Waals surface area contributed by atoms with Crippen LogP contribution in [0.15, 0.2) is 36.5 Å². The van der Waals surface area contributed by atoms with Gasteiger partial charge in [-0.15, -0.1) is 0 Å². The molecule has 0 bridgehead atoms. The highest BCUT2D eigenvalue weighted by atomic mass is 16.6. The van der Waals surface area contributed by atoms with Crippen LogP contribution in [-0.2, 0) is 6.54 Å². The van der Waals surface area contributed by atoms with Crippen molar-refractivity contribution in [1.82, 2.24) is 4.98 Å². The van der Waals surface area contributed by atoms with E-state index in [4.69, 9.17) is 15.7 Å². The summed E-state index contributed by atoms with van der Waals surface area (Å²) in [6, 6.07) is 9.76. The fraction of sp³-hybridized carbons (Fsp3) is 0.0769. The van der Waals surface area contributed by atoms with E-state index in [1.54, 1.807) is 30.3 Å². The van der Waals surface area contributed by atoms with E-state index >= 15 is 0 Å². The number of hydrogen-bond donors (Lipinski definition) is 1. The van der Waals surface area contributed by atoms with Gasteiger partial charge in [-0.05, 0) is 23.8 Å². The summed E-state index contributed by atoms with van der Waals surface area (Å²) in [4.78, 5) is 14.1. The topological polar surface area (TPSA) is 115 Å². The van der Waals surface area contributed by atoms with Gasteiger partial charge >= 0.3 is 11.6 Å². The number of aromatic nitrogens is 1. The third kappa shape index (κ3) is 2.71. The van der Waals surface area contributed by atoms with E-state index < -0.39 is 10.6 Å². The molecule has 2 N–H and O–H groups in total. The quantitative estimate of drug-likeness (QED) is 0.672. The highest BCUT2D eigenvalue weighted by Gasteiger charge is 2.23. The summed E-state index contributed by atoms with van der Waals surface area (Å²) >= 11 is 0. The number of rotatable bonds is 4. The molecule has 100 valence electrons. The van der Waals surface area contributed by atoms with Gasteiger partial charge in [0.2, 0.25) is 0 Å². The number of hydrogen-bond acceptors (Lipinski definition) is 6. The Hall–Kier alpha value is -2.98. The summed E-state index contributed by atoms with van der Waals surface area (Å²) in [5.74, 6) is 0.169. The largest absolute Gasteiger partial charge is 0.434 e. The van der Waals surface area contributed by atoms with E-state index in [1.165, 1.54) is 12.3 Å². The lowest BCUT2D eigenvalue weighted by Gasteiger charge is -2.06. The third-order valence-electron chi connectivity index (χ3n) is 2.57. The summed E-state index contributed by atoms with van der Waals surface area (Å²) in [6.07, 6.45) is 1.29. The number of ether oxygens (including phenoxy) is 1. The molecule has 0 saturated heterocycles. The number of pyridine rings is 1. The molecule has 0 saturated carbocycles. The maximum Gasteiger partial charge on any atom is 0.348 e. The molecule has 20 heavy (non-hydrogen) atoms. The fourth-order valence-corrected chi connectivity index (χ4v) is 1.58. The van der Waals surface area contributed by atoms with Crippen LogP contribution in [0.2, 0.25) is 0 Å². The van der Waals surface area contributed by atoms with Gasteiger partial charge in [-0.25, -0.2) is 4.98 Å². The van der Waals surface area contributed by atoms with Crippen LogP contribution >= 0.6 is 0 Å². The van der Waals surface area contributed by atoms with E-state index in [0.29, 0.717) is 12.3 Å². The Morgan fingerprint density at radius 3 is 2.60 bits per heavy atom. The smallest absolute Gasteiger partial charge is 0.348 e. The Bertz CT molecular complexity index is 677. The first-order chi connectivity index (χ1) is 9.65.